The number of carbonyl (C=O) groups is 1. The summed E-state index contributed by atoms with van der Waals surface area (Å²) in [5.41, 5.74) is 0.722. The molecule has 9 heavy (non-hydrogen) atoms. The fraction of sp³-hybridized carbons (Fsp3) is 0.286. The first-order valence-electron chi connectivity index (χ1n) is 2.65. The van der Waals surface area contributed by atoms with Crippen LogP contribution in [0, 0.1) is 0 Å². The van der Waals surface area contributed by atoms with Crippen molar-refractivity contribution < 1.29 is 4.79 Å². The number of amides is 1. The first-order valence-corrected chi connectivity index (χ1v) is 2.65. The fourth-order valence-electron chi connectivity index (χ4n) is 0.325. The van der Waals surface area contributed by atoms with Crippen LogP contribution in [0.5, 0.6) is 0 Å². The van der Waals surface area contributed by atoms with Crippen molar-refractivity contribution >= 4 is 5.91 Å². The highest BCUT2D eigenvalue weighted by molar-refractivity contribution is 5.87. The van der Waals surface area contributed by atoms with Gasteiger partial charge in [0.2, 0.25) is 5.91 Å². The van der Waals surface area contributed by atoms with E-state index < -0.39 is 0 Å². The number of hydrogen-bond acceptors (Lipinski definition) is 1. The molecule has 0 spiro atoms. The Morgan fingerprint density at radius 1 is 1.67 bits per heavy atom. The molecule has 0 aliphatic carbocycles. The van der Waals surface area contributed by atoms with Crippen LogP contribution in [0.4, 0.5) is 0 Å². The van der Waals surface area contributed by atoms with Crippen molar-refractivity contribution in [3.63, 3.8) is 0 Å². The molecule has 50 valence electrons. The van der Waals surface area contributed by atoms with E-state index in [0.29, 0.717) is 0 Å². The lowest BCUT2D eigenvalue weighted by molar-refractivity contribution is -0.123. The molecular weight excluding hydrogens is 114 g/mol. The zero-order valence-electron chi connectivity index (χ0n) is 5.85. The molecule has 1 amide bonds. The summed E-state index contributed by atoms with van der Waals surface area (Å²) in [6.45, 7) is 8.68. The van der Waals surface area contributed by atoms with Crippen LogP contribution in [0.15, 0.2) is 24.9 Å². The molecule has 0 aromatic heterocycles. The van der Waals surface area contributed by atoms with E-state index in [9.17, 15) is 4.79 Å². The largest absolute Gasteiger partial charge is 0.317 e. The quantitative estimate of drug-likeness (QED) is 0.507. The molecule has 0 heterocycles. The molecule has 0 aromatic rings. The molecule has 0 N–H and O–H groups in total. The minimum atomic E-state index is -0.123. The molecule has 0 rings (SSSR count). The van der Waals surface area contributed by atoms with Gasteiger partial charge in [-0.1, -0.05) is 13.2 Å². The smallest absolute Gasteiger partial charge is 0.249 e. The Balaban J connectivity index is 4.03. The number of nitrogens with zero attached hydrogens (tertiary/aromatic N) is 1. The van der Waals surface area contributed by atoms with Gasteiger partial charge in [-0.2, -0.15) is 0 Å². The van der Waals surface area contributed by atoms with E-state index in [-0.39, 0.29) is 5.91 Å². The number of hydrogen-bond donors (Lipinski definition) is 0. The van der Waals surface area contributed by atoms with Gasteiger partial charge in [-0.3, -0.25) is 4.79 Å². The summed E-state index contributed by atoms with van der Waals surface area (Å²) in [5.74, 6) is -0.123. The lowest BCUT2D eigenvalue weighted by Crippen LogP contribution is -2.21. The van der Waals surface area contributed by atoms with Gasteiger partial charge in [-0.05, 0) is 13.0 Å². The van der Waals surface area contributed by atoms with Crippen LogP contribution in [-0.2, 0) is 4.79 Å². The molecule has 0 saturated heterocycles. The number of likely N-dealkylation sites (N-methyl/N-ethyl adjacent to an activating group) is 1. The number of carbonyl (C=O) groups excluding carboxylic acids is 1. The zero-order valence-corrected chi connectivity index (χ0v) is 5.85. The molecule has 0 radical (unpaired) electrons. The summed E-state index contributed by atoms with van der Waals surface area (Å²) < 4.78 is 0. The van der Waals surface area contributed by atoms with Crippen LogP contribution >= 0.6 is 0 Å². The fourth-order valence-corrected chi connectivity index (χ4v) is 0.325. The highest BCUT2D eigenvalue weighted by Crippen LogP contribution is 1.95. The molecule has 0 atom stereocenters. The van der Waals surface area contributed by atoms with E-state index in [1.54, 1.807) is 14.0 Å². The molecule has 0 aliphatic heterocycles. The molecular formula is C7H11NO. The monoisotopic (exact) mass is 125 g/mol. The van der Waals surface area contributed by atoms with Crippen LogP contribution in [0.3, 0.4) is 0 Å². The molecule has 0 unspecified atom stereocenters. The van der Waals surface area contributed by atoms with Gasteiger partial charge in [0.25, 0.3) is 0 Å². The van der Waals surface area contributed by atoms with E-state index in [1.807, 2.05) is 0 Å². The van der Waals surface area contributed by atoms with Gasteiger partial charge in [0.05, 0.1) is 0 Å². The summed E-state index contributed by atoms with van der Waals surface area (Å²) in [6.07, 6.45) is 1.26. The molecule has 0 bridgehead atoms. The zero-order chi connectivity index (χ0) is 7.44. The van der Waals surface area contributed by atoms with Crippen molar-refractivity contribution in [2.45, 2.75) is 6.92 Å². The standard InChI is InChI=1S/C7H11NO/c1-5-7(9)8(4)6(2)3/h5H,1-2H2,3-4H3. The van der Waals surface area contributed by atoms with Gasteiger partial charge in [0.1, 0.15) is 0 Å². The Morgan fingerprint density at radius 2 is 2.11 bits per heavy atom. The van der Waals surface area contributed by atoms with Crippen molar-refractivity contribution in [1.82, 2.24) is 4.90 Å². The second-order valence-electron chi connectivity index (χ2n) is 1.84. The minimum Gasteiger partial charge on any atom is -0.317 e. The minimum absolute atomic E-state index is 0.123. The second kappa shape index (κ2) is 3.07. The Kier molecular flexibility index (Phi) is 2.71. The van der Waals surface area contributed by atoms with E-state index in [0.717, 1.165) is 5.70 Å². The first kappa shape index (κ1) is 7.95. The van der Waals surface area contributed by atoms with Crippen LogP contribution in [0.1, 0.15) is 6.92 Å². The van der Waals surface area contributed by atoms with E-state index in [1.165, 1.54) is 11.0 Å². The van der Waals surface area contributed by atoms with E-state index in [4.69, 9.17) is 0 Å². The third-order valence-electron chi connectivity index (χ3n) is 1.08. The Morgan fingerprint density at radius 3 is 2.22 bits per heavy atom. The Bertz CT molecular complexity index is 149. The third-order valence-corrected chi connectivity index (χ3v) is 1.08. The Hall–Kier alpha value is -1.05. The van der Waals surface area contributed by atoms with Crippen molar-refractivity contribution in [3.05, 3.63) is 24.9 Å². The van der Waals surface area contributed by atoms with Crippen LogP contribution in [-0.4, -0.2) is 17.9 Å². The van der Waals surface area contributed by atoms with Crippen LogP contribution in [0.25, 0.3) is 0 Å². The first-order chi connectivity index (χ1) is 4.09. The predicted octanol–water partition coefficient (Wildman–Crippen LogP) is 1.16. The van der Waals surface area contributed by atoms with Gasteiger partial charge >= 0.3 is 0 Å². The third kappa shape index (κ3) is 2.13. The van der Waals surface area contributed by atoms with Crippen molar-refractivity contribution in [2.24, 2.45) is 0 Å². The van der Waals surface area contributed by atoms with E-state index >= 15 is 0 Å². The maximum atomic E-state index is 10.7. The normalized spacial score (nSPS) is 8.22. The number of rotatable bonds is 2. The van der Waals surface area contributed by atoms with Crippen LogP contribution in [0.2, 0.25) is 0 Å². The van der Waals surface area contributed by atoms with Crippen molar-refractivity contribution in [1.29, 1.82) is 0 Å². The van der Waals surface area contributed by atoms with Crippen molar-refractivity contribution in [2.75, 3.05) is 7.05 Å². The Labute approximate surface area is 55.5 Å². The average molecular weight is 125 g/mol. The van der Waals surface area contributed by atoms with Gasteiger partial charge < -0.3 is 4.90 Å². The lowest BCUT2D eigenvalue weighted by Gasteiger charge is -2.12. The SMILES string of the molecule is C=CC(=O)N(C)C(=C)C. The molecule has 0 saturated carbocycles. The van der Waals surface area contributed by atoms with Gasteiger partial charge in [-0.15, -0.1) is 0 Å². The summed E-state index contributed by atoms with van der Waals surface area (Å²) in [6, 6.07) is 0. The highest BCUT2D eigenvalue weighted by atomic mass is 16.2. The topological polar surface area (TPSA) is 20.3 Å². The van der Waals surface area contributed by atoms with Crippen LogP contribution < -0.4 is 0 Å². The molecule has 2 nitrogen and oxygen atoms in total. The second-order valence-corrected chi connectivity index (χ2v) is 1.84. The van der Waals surface area contributed by atoms with Gasteiger partial charge in [0, 0.05) is 12.7 Å². The number of allylic oxidation sites excluding steroid dienone is 1. The maximum Gasteiger partial charge on any atom is 0.249 e. The summed E-state index contributed by atoms with van der Waals surface area (Å²) in [7, 11) is 1.66. The van der Waals surface area contributed by atoms with Gasteiger partial charge in [-0.25, -0.2) is 0 Å². The summed E-state index contributed by atoms with van der Waals surface area (Å²) in [4.78, 5) is 12.1. The van der Waals surface area contributed by atoms with Crippen molar-refractivity contribution in [3.8, 4) is 0 Å². The summed E-state index contributed by atoms with van der Waals surface area (Å²) >= 11 is 0. The lowest BCUT2D eigenvalue weighted by atomic mass is 10.4. The summed E-state index contributed by atoms with van der Waals surface area (Å²) in [5, 5.41) is 0. The highest BCUT2D eigenvalue weighted by Gasteiger charge is 2.01. The maximum absolute atomic E-state index is 10.7. The molecule has 2 heteroatoms. The molecule has 0 aromatic carbocycles. The predicted molar refractivity (Wildman–Crippen MR) is 37.8 cm³/mol. The average Bonchev–Trinajstić information content (AvgIpc) is 1.84. The van der Waals surface area contributed by atoms with Gasteiger partial charge in [0.15, 0.2) is 0 Å². The van der Waals surface area contributed by atoms with E-state index in [2.05, 4.69) is 13.2 Å². The molecule has 0 fully saturated rings. The molecule has 0 aliphatic rings.